The van der Waals surface area contributed by atoms with Gasteiger partial charge in [-0.3, -0.25) is 0 Å². The molecule has 104 valence electrons. The molecule has 0 saturated carbocycles. The highest BCUT2D eigenvalue weighted by Crippen LogP contribution is 2.27. The van der Waals surface area contributed by atoms with Crippen LogP contribution in [0.15, 0.2) is 30.3 Å². The standard InChI is InChI=1S/C14H13F2N3O/c15-10-7-11(16)14(18-13(10)17)19-5-6-20-12-4-2-1-3-9(12)8-19/h1-4,7H,5-6,8H2,(H2,17,18). The van der Waals surface area contributed by atoms with Crippen molar-refractivity contribution in [1.29, 1.82) is 0 Å². The molecule has 2 aromatic rings. The Hall–Kier alpha value is -2.37. The van der Waals surface area contributed by atoms with Crippen LogP contribution in [0.3, 0.4) is 0 Å². The third kappa shape index (κ3) is 2.24. The van der Waals surface area contributed by atoms with Crippen molar-refractivity contribution in [2.75, 3.05) is 23.8 Å². The van der Waals surface area contributed by atoms with Gasteiger partial charge in [0.25, 0.3) is 0 Å². The molecule has 0 spiro atoms. The number of nitrogens with two attached hydrogens (primary N) is 1. The van der Waals surface area contributed by atoms with E-state index in [1.165, 1.54) is 0 Å². The highest BCUT2D eigenvalue weighted by Gasteiger charge is 2.20. The minimum atomic E-state index is -0.849. The smallest absolute Gasteiger partial charge is 0.168 e. The average Bonchev–Trinajstić information content (AvgIpc) is 2.65. The van der Waals surface area contributed by atoms with Gasteiger partial charge in [-0.2, -0.15) is 0 Å². The number of para-hydroxylation sites is 1. The van der Waals surface area contributed by atoms with E-state index in [0.717, 1.165) is 17.4 Å². The van der Waals surface area contributed by atoms with E-state index in [9.17, 15) is 8.78 Å². The van der Waals surface area contributed by atoms with Gasteiger partial charge in [0.2, 0.25) is 0 Å². The number of ether oxygens (including phenoxy) is 1. The van der Waals surface area contributed by atoms with Crippen molar-refractivity contribution in [2.24, 2.45) is 0 Å². The van der Waals surface area contributed by atoms with Crippen molar-refractivity contribution in [3.05, 3.63) is 47.5 Å². The topological polar surface area (TPSA) is 51.4 Å². The van der Waals surface area contributed by atoms with Crippen LogP contribution in [0.2, 0.25) is 0 Å². The summed E-state index contributed by atoms with van der Waals surface area (Å²) < 4.78 is 32.7. The van der Waals surface area contributed by atoms with Crippen LogP contribution >= 0.6 is 0 Å². The van der Waals surface area contributed by atoms with Crippen LogP contribution in [0.4, 0.5) is 20.4 Å². The SMILES string of the molecule is Nc1nc(N2CCOc3ccccc3C2)c(F)cc1F. The predicted octanol–water partition coefficient (Wildman–Crippen LogP) is 2.34. The molecule has 2 N–H and O–H groups in total. The third-order valence-corrected chi connectivity index (χ3v) is 3.19. The maximum atomic E-state index is 13.9. The summed E-state index contributed by atoms with van der Waals surface area (Å²) in [5.41, 5.74) is 6.34. The Morgan fingerprint density at radius 3 is 2.85 bits per heavy atom. The van der Waals surface area contributed by atoms with Crippen LogP contribution in [-0.4, -0.2) is 18.1 Å². The van der Waals surface area contributed by atoms with Crippen molar-refractivity contribution < 1.29 is 13.5 Å². The van der Waals surface area contributed by atoms with Gasteiger partial charge in [0.15, 0.2) is 23.3 Å². The minimum Gasteiger partial charge on any atom is -0.491 e. The lowest BCUT2D eigenvalue weighted by Crippen LogP contribution is -2.27. The lowest BCUT2D eigenvalue weighted by molar-refractivity contribution is 0.331. The van der Waals surface area contributed by atoms with Gasteiger partial charge in [-0.25, -0.2) is 13.8 Å². The second-order valence-electron chi connectivity index (χ2n) is 4.54. The number of hydrogen-bond acceptors (Lipinski definition) is 4. The van der Waals surface area contributed by atoms with Crippen molar-refractivity contribution >= 4 is 11.6 Å². The van der Waals surface area contributed by atoms with E-state index in [4.69, 9.17) is 10.5 Å². The minimum absolute atomic E-state index is 0.0456. The van der Waals surface area contributed by atoms with Gasteiger partial charge in [0.05, 0.1) is 6.54 Å². The second-order valence-corrected chi connectivity index (χ2v) is 4.54. The maximum absolute atomic E-state index is 13.9. The number of fused-ring (bicyclic) bond motifs is 1. The Kier molecular flexibility index (Phi) is 3.14. The van der Waals surface area contributed by atoms with Crippen molar-refractivity contribution in [1.82, 2.24) is 4.98 Å². The first-order chi connectivity index (χ1) is 9.65. The molecule has 4 nitrogen and oxygen atoms in total. The summed E-state index contributed by atoms with van der Waals surface area (Å²) >= 11 is 0. The molecule has 0 bridgehead atoms. The zero-order valence-corrected chi connectivity index (χ0v) is 10.6. The Bertz CT molecular complexity index is 648. The summed E-state index contributed by atoms with van der Waals surface area (Å²) in [5.74, 6) is -1.07. The summed E-state index contributed by atoms with van der Waals surface area (Å²) in [6.45, 7) is 1.28. The Morgan fingerprint density at radius 1 is 1.20 bits per heavy atom. The van der Waals surface area contributed by atoms with E-state index in [2.05, 4.69) is 4.98 Å². The van der Waals surface area contributed by atoms with Gasteiger partial charge >= 0.3 is 0 Å². The summed E-state index contributed by atoms with van der Waals surface area (Å²) in [7, 11) is 0. The number of rotatable bonds is 1. The van der Waals surface area contributed by atoms with Gasteiger partial charge in [0.1, 0.15) is 12.4 Å². The number of halogens is 2. The molecule has 0 atom stereocenters. The van der Waals surface area contributed by atoms with Crippen LogP contribution < -0.4 is 15.4 Å². The van der Waals surface area contributed by atoms with Crippen LogP contribution in [0.25, 0.3) is 0 Å². The molecule has 1 aliphatic heterocycles. The Morgan fingerprint density at radius 2 is 2.00 bits per heavy atom. The van der Waals surface area contributed by atoms with E-state index in [0.29, 0.717) is 19.7 Å². The normalized spacial score (nSPS) is 14.4. The van der Waals surface area contributed by atoms with E-state index < -0.39 is 11.6 Å². The molecule has 6 heteroatoms. The predicted molar refractivity (Wildman–Crippen MR) is 71.6 cm³/mol. The summed E-state index contributed by atoms with van der Waals surface area (Å²) in [6, 6.07) is 8.28. The first-order valence-electron chi connectivity index (χ1n) is 6.22. The van der Waals surface area contributed by atoms with Gasteiger partial charge in [-0.15, -0.1) is 0 Å². The van der Waals surface area contributed by atoms with Gasteiger partial charge < -0.3 is 15.4 Å². The van der Waals surface area contributed by atoms with Gasteiger partial charge in [-0.1, -0.05) is 18.2 Å². The summed E-state index contributed by atoms with van der Waals surface area (Å²) in [5, 5.41) is 0. The second kappa shape index (κ2) is 4.96. The van der Waals surface area contributed by atoms with Crippen molar-refractivity contribution in [3.8, 4) is 5.75 Å². The largest absolute Gasteiger partial charge is 0.491 e. The molecule has 0 aliphatic carbocycles. The Labute approximate surface area is 114 Å². The summed E-state index contributed by atoms with van der Waals surface area (Å²) in [4.78, 5) is 5.50. The zero-order valence-electron chi connectivity index (χ0n) is 10.6. The first-order valence-corrected chi connectivity index (χ1v) is 6.22. The van der Waals surface area contributed by atoms with Crippen molar-refractivity contribution in [2.45, 2.75) is 6.54 Å². The third-order valence-electron chi connectivity index (χ3n) is 3.19. The van der Waals surface area contributed by atoms with Crippen LogP contribution in [0, 0.1) is 11.6 Å². The fraction of sp³-hybridized carbons (Fsp3) is 0.214. The molecule has 0 saturated heterocycles. The molecule has 0 fully saturated rings. The fourth-order valence-corrected chi connectivity index (χ4v) is 2.20. The molecule has 1 aromatic heterocycles. The van der Waals surface area contributed by atoms with Crippen LogP contribution in [-0.2, 0) is 6.54 Å². The molecule has 2 heterocycles. The number of aromatic nitrogens is 1. The molecule has 0 radical (unpaired) electrons. The number of pyridine rings is 1. The molecular formula is C14H13F2N3O. The van der Waals surface area contributed by atoms with E-state index in [1.807, 2.05) is 24.3 Å². The van der Waals surface area contributed by atoms with Crippen LogP contribution in [0.1, 0.15) is 5.56 Å². The van der Waals surface area contributed by atoms with E-state index >= 15 is 0 Å². The highest BCUT2D eigenvalue weighted by atomic mass is 19.1. The van der Waals surface area contributed by atoms with Gasteiger partial charge in [-0.05, 0) is 6.07 Å². The average molecular weight is 277 g/mol. The monoisotopic (exact) mass is 277 g/mol. The maximum Gasteiger partial charge on any atom is 0.168 e. The fourth-order valence-electron chi connectivity index (χ4n) is 2.20. The number of benzene rings is 1. The number of hydrogen-bond donors (Lipinski definition) is 1. The molecule has 1 aliphatic rings. The van der Waals surface area contributed by atoms with E-state index in [1.54, 1.807) is 4.90 Å². The molecule has 3 rings (SSSR count). The van der Waals surface area contributed by atoms with E-state index in [-0.39, 0.29) is 11.6 Å². The molecule has 1 aromatic carbocycles. The molecule has 0 unspecified atom stereocenters. The van der Waals surface area contributed by atoms with Crippen molar-refractivity contribution in [3.63, 3.8) is 0 Å². The first kappa shape index (κ1) is 12.7. The number of nitrogen functional groups attached to an aromatic ring is 1. The lowest BCUT2D eigenvalue weighted by Gasteiger charge is -2.21. The molecule has 0 amide bonds. The Balaban J connectivity index is 1.97. The zero-order chi connectivity index (χ0) is 14.1. The number of anilines is 2. The van der Waals surface area contributed by atoms with Crippen LogP contribution in [0.5, 0.6) is 5.75 Å². The van der Waals surface area contributed by atoms with Gasteiger partial charge in [0, 0.05) is 18.2 Å². The lowest BCUT2D eigenvalue weighted by atomic mass is 10.2. The molecule has 20 heavy (non-hydrogen) atoms. The number of nitrogens with zero attached hydrogens (tertiary/aromatic N) is 2. The summed E-state index contributed by atoms with van der Waals surface area (Å²) in [6.07, 6.45) is 0. The quantitative estimate of drug-likeness (QED) is 0.869. The molecular weight excluding hydrogens is 264 g/mol. The highest BCUT2D eigenvalue weighted by molar-refractivity contribution is 5.49.